The Labute approximate surface area is 113 Å². The van der Waals surface area contributed by atoms with Crippen LogP contribution in [0.1, 0.15) is 15.6 Å². The molecular formula is C12H13BrN2OS. The van der Waals surface area contributed by atoms with Gasteiger partial charge in [0.1, 0.15) is 17.4 Å². The number of halogens is 1. The first kappa shape index (κ1) is 12.4. The van der Waals surface area contributed by atoms with Gasteiger partial charge in [-0.1, -0.05) is 6.07 Å². The zero-order valence-electron chi connectivity index (χ0n) is 9.66. The lowest BCUT2D eigenvalue weighted by Gasteiger charge is -2.07. The lowest BCUT2D eigenvalue weighted by atomic mass is 10.3. The minimum Gasteiger partial charge on any atom is -0.485 e. The molecule has 1 aromatic carbocycles. The van der Waals surface area contributed by atoms with Crippen molar-refractivity contribution < 1.29 is 4.74 Å². The summed E-state index contributed by atoms with van der Waals surface area (Å²) in [5.41, 5.74) is 7.52. The first-order valence-electron chi connectivity index (χ1n) is 5.17. The van der Waals surface area contributed by atoms with Crippen LogP contribution in [0.5, 0.6) is 5.75 Å². The average Bonchev–Trinajstić information content (AvgIpc) is 2.61. The Balaban J connectivity index is 2.10. The van der Waals surface area contributed by atoms with Crippen molar-refractivity contribution in [2.75, 3.05) is 5.73 Å². The van der Waals surface area contributed by atoms with Crippen molar-refractivity contribution >= 4 is 33.0 Å². The number of hydrogen-bond donors (Lipinski definition) is 1. The first-order valence-corrected chi connectivity index (χ1v) is 6.78. The Kier molecular flexibility index (Phi) is 3.69. The fourth-order valence-electron chi connectivity index (χ4n) is 1.38. The molecule has 1 aromatic heterocycles. The highest BCUT2D eigenvalue weighted by atomic mass is 79.9. The molecule has 0 aliphatic heterocycles. The molecule has 0 fully saturated rings. The van der Waals surface area contributed by atoms with Crippen LogP contribution >= 0.6 is 27.3 Å². The highest BCUT2D eigenvalue weighted by molar-refractivity contribution is 9.10. The Morgan fingerprint density at radius 2 is 2.18 bits per heavy atom. The molecule has 0 amide bonds. The molecule has 0 saturated carbocycles. The van der Waals surface area contributed by atoms with E-state index in [0.29, 0.717) is 12.3 Å². The quantitative estimate of drug-likeness (QED) is 0.879. The zero-order valence-corrected chi connectivity index (χ0v) is 12.1. The van der Waals surface area contributed by atoms with E-state index in [0.717, 1.165) is 20.9 Å². The fourth-order valence-corrected chi connectivity index (χ4v) is 2.61. The number of ether oxygens (including phenoxy) is 1. The first-order chi connectivity index (χ1) is 8.08. The molecule has 1 heterocycles. The molecule has 3 nitrogen and oxygen atoms in total. The van der Waals surface area contributed by atoms with Crippen molar-refractivity contribution in [2.45, 2.75) is 20.5 Å². The highest BCUT2D eigenvalue weighted by Crippen LogP contribution is 2.31. The van der Waals surface area contributed by atoms with Gasteiger partial charge in [-0.15, -0.1) is 11.3 Å². The maximum absolute atomic E-state index is 5.78. The molecule has 2 rings (SSSR count). The normalized spacial score (nSPS) is 10.5. The number of thiazole rings is 1. The van der Waals surface area contributed by atoms with Crippen molar-refractivity contribution in [3.63, 3.8) is 0 Å². The molecule has 0 bridgehead atoms. The molecule has 0 spiro atoms. The summed E-state index contributed by atoms with van der Waals surface area (Å²) in [4.78, 5) is 5.66. The van der Waals surface area contributed by atoms with Gasteiger partial charge in [0.2, 0.25) is 0 Å². The van der Waals surface area contributed by atoms with Crippen LogP contribution in [-0.4, -0.2) is 4.98 Å². The van der Waals surface area contributed by atoms with Gasteiger partial charge in [0.15, 0.2) is 0 Å². The van der Waals surface area contributed by atoms with Gasteiger partial charge in [-0.05, 0) is 41.9 Å². The molecule has 2 aromatic rings. The van der Waals surface area contributed by atoms with Crippen LogP contribution in [-0.2, 0) is 6.61 Å². The third-order valence-electron chi connectivity index (χ3n) is 2.42. The van der Waals surface area contributed by atoms with Crippen molar-refractivity contribution in [3.8, 4) is 5.75 Å². The van der Waals surface area contributed by atoms with Crippen LogP contribution in [0.4, 0.5) is 5.69 Å². The van der Waals surface area contributed by atoms with Gasteiger partial charge in [-0.3, -0.25) is 0 Å². The van der Waals surface area contributed by atoms with Crippen molar-refractivity contribution in [3.05, 3.63) is 38.3 Å². The summed E-state index contributed by atoms with van der Waals surface area (Å²) in [7, 11) is 0. The molecule has 0 unspecified atom stereocenters. The van der Waals surface area contributed by atoms with E-state index in [4.69, 9.17) is 10.5 Å². The summed E-state index contributed by atoms with van der Waals surface area (Å²) < 4.78 is 6.49. The van der Waals surface area contributed by atoms with E-state index < -0.39 is 0 Å². The van der Waals surface area contributed by atoms with E-state index >= 15 is 0 Å². The van der Waals surface area contributed by atoms with Crippen LogP contribution in [0.25, 0.3) is 0 Å². The second-order valence-electron chi connectivity index (χ2n) is 3.70. The minimum atomic E-state index is 0.474. The second-order valence-corrected chi connectivity index (χ2v) is 5.78. The fraction of sp³-hybridized carbons (Fsp3) is 0.250. The van der Waals surface area contributed by atoms with E-state index in [9.17, 15) is 0 Å². The molecule has 0 aliphatic carbocycles. The molecule has 17 heavy (non-hydrogen) atoms. The van der Waals surface area contributed by atoms with Crippen molar-refractivity contribution in [1.29, 1.82) is 0 Å². The predicted molar refractivity (Wildman–Crippen MR) is 74.5 cm³/mol. The van der Waals surface area contributed by atoms with Crippen LogP contribution in [0, 0.1) is 13.8 Å². The number of rotatable bonds is 3. The van der Waals surface area contributed by atoms with Crippen molar-refractivity contribution in [2.24, 2.45) is 0 Å². The van der Waals surface area contributed by atoms with Crippen LogP contribution in [0.3, 0.4) is 0 Å². The second kappa shape index (κ2) is 5.06. The molecule has 5 heteroatoms. The van der Waals surface area contributed by atoms with Gasteiger partial charge in [0.25, 0.3) is 0 Å². The number of nitrogen functional groups attached to an aromatic ring is 1. The SMILES string of the molecule is Cc1nc(COc2cccc(N)c2Br)sc1C. The molecule has 2 N–H and O–H groups in total. The molecule has 0 aliphatic rings. The summed E-state index contributed by atoms with van der Waals surface area (Å²) in [6.45, 7) is 4.54. The average molecular weight is 313 g/mol. The lowest BCUT2D eigenvalue weighted by Crippen LogP contribution is -1.97. The highest BCUT2D eigenvalue weighted by Gasteiger charge is 2.07. The summed E-state index contributed by atoms with van der Waals surface area (Å²) in [6.07, 6.45) is 0. The Hall–Kier alpha value is -1.07. The third-order valence-corrected chi connectivity index (χ3v) is 4.31. The summed E-state index contributed by atoms with van der Waals surface area (Å²) in [5, 5.41) is 0.981. The van der Waals surface area contributed by atoms with Gasteiger partial charge in [-0.2, -0.15) is 0 Å². The zero-order chi connectivity index (χ0) is 12.4. The van der Waals surface area contributed by atoms with Crippen LogP contribution in [0.2, 0.25) is 0 Å². The van der Waals surface area contributed by atoms with Gasteiger partial charge in [0, 0.05) is 10.6 Å². The Morgan fingerprint density at radius 3 is 2.82 bits per heavy atom. The molecule has 0 atom stereocenters. The number of aryl methyl sites for hydroxylation is 2. The number of nitrogens with zero attached hydrogens (tertiary/aromatic N) is 1. The van der Waals surface area contributed by atoms with Crippen LogP contribution in [0.15, 0.2) is 22.7 Å². The molecule has 0 saturated heterocycles. The summed E-state index contributed by atoms with van der Waals surface area (Å²) in [6, 6.07) is 5.58. The number of nitrogens with two attached hydrogens (primary N) is 1. The molecular weight excluding hydrogens is 300 g/mol. The van der Waals surface area contributed by atoms with Gasteiger partial charge < -0.3 is 10.5 Å². The maximum Gasteiger partial charge on any atom is 0.140 e. The van der Waals surface area contributed by atoms with E-state index in [-0.39, 0.29) is 0 Å². The van der Waals surface area contributed by atoms with Gasteiger partial charge in [0.05, 0.1) is 10.2 Å². The third kappa shape index (κ3) is 2.79. The monoisotopic (exact) mass is 312 g/mol. The van der Waals surface area contributed by atoms with Crippen LogP contribution < -0.4 is 10.5 Å². The predicted octanol–water partition coefficient (Wildman–Crippen LogP) is 3.68. The minimum absolute atomic E-state index is 0.474. The van der Waals surface area contributed by atoms with E-state index in [1.54, 1.807) is 11.3 Å². The summed E-state index contributed by atoms with van der Waals surface area (Å²) >= 11 is 5.07. The summed E-state index contributed by atoms with van der Waals surface area (Å²) in [5.74, 6) is 0.746. The molecule has 0 radical (unpaired) electrons. The standard InChI is InChI=1S/C12H13BrN2OS/c1-7-8(2)17-11(15-7)6-16-10-5-3-4-9(14)12(10)13/h3-5H,6,14H2,1-2H3. The van der Waals surface area contributed by atoms with E-state index in [1.165, 1.54) is 4.88 Å². The maximum atomic E-state index is 5.78. The Morgan fingerprint density at radius 1 is 1.41 bits per heavy atom. The molecule has 90 valence electrons. The van der Waals surface area contributed by atoms with Crippen molar-refractivity contribution in [1.82, 2.24) is 4.98 Å². The number of anilines is 1. The Bertz CT molecular complexity index is 520. The lowest BCUT2D eigenvalue weighted by molar-refractivity contribution is 0.303. The topological polar surface area (TPSA) is 48.1 Å². The number of aromatic nitrogens is 1. The number of hydrogen-bond acceptors (Lipinski definition) is 4. The number of benzene rings is 1. The van der Waals surface area contributed by atoms with E-state index in [1.807, 2.05) is 25.1 Å². The smallest absolute Gasteiger partial charge is 0.140 e. The largest absolute Gasteiger partial charge is 0.485 e. The van der Waals surface area contributed by atoms with E-state index in [2.05, 4.69) is 27.8 Å². The van der Waals surface area contributed by atoms with Gasteiger partial charge >= 0.3 is 0 Å². The van der Waals surface area contributed by atoms with Gasteiger partial charge in [-0.25, -0.2) is 4.98 Å².